The van der Waals surface area contributed by atoms with Gasteiger partial charge in [0.05, 0.1) is 10.3 Å². The fourth-order valence-electron chi connectivity index (χ4n) is 1.70. The van der Waals surface area contributed by atoms with Crippen molar-refractivity contribution in [3.63, 3.8) is 0 Å². The quantitative estimate of drug-likeness (QED) is 0.862. The molecule has 2 nitrogen and oxygen atoms in total. The summed E-state index contributed by atoms with van der Waals surface area (Å²) in [5, 5.41) is 1.65. The first-order valence-electron chi connectivity index (χ1n) is 5.76. The summed E-state index contributed by atoms with van der Waals surface area (Å²) < 4.78 is 0. The summed E-state index contributed by atoms with van der Waals surface area (Å²) >= 11 is 7.74. The van der Waals surface area contributed by atoms with Crippen LogP contribution in [0.1, 0.15) is 17.7 Å². The topological polar surface area (TPSA) is 38.9 Å². The zero-order chi connectivity index (χ0) is 13.0. The number of nitrogens with zero attached hydrogens (tertiary/aromatic N) is 1. The summed E-state index contributed by atoms with van der Waals surface area (Å²) in [6, 6.07) is 13.9. The summed E-state index contributed by atoms with van der Waals surface area (Å²) in [6.07, 6.45) is 1.75. The highest BCUT2D eigenvalue weighted by atomic mass is 35.5. The highest BCUT2D eigenvalue weighted by molar-refractivity contribution is 7.99. The fourth-order valence-corrected chi connectivity index (χ4v) is 3.01. The van der Waals surface area contributed by atoms with Crippen LogP contribution in [0, 0.1) is 0 Å². The van der Waals surface area contributed by atoms with E-state index >= 15 is 0 Å². The second-order valence-electron chi connectivity index (χ2n) is 4.10. The maximum Gasteiger partial charge on any atom is 0.115 e. The number of rotatable bonds is 4. The Morgan fingerprint density at radius 2 is 1.89 bits per heavy atom. The lowest BCUT2D eigenvalue weighted by atomic mass is 10.1. The minimum Gasteiger partial charge on any atom is -0.327 e. The first-order valence-corrected chi connectivity index (χ1v) is 7.02. The van der Waals surface area contributed by atoms with Crippen LogP contribution in [0.5, 0.6) is 0 Å². The zero-order valence-electron chi connectivity index (χ0n) is 10.1. The molecule has 4 heteroatoms. The molecule has 94 valence electrons. The van der Waals surface area contributed by atoms with Crippen molar-refractivity contribution < 1.29 is 0 Å². The Morgan fingerprint density at radius 3 is 2.50 bits per heavy atom. The number of hydrogen-bond acceptors (Lipinski definition) is 3. The van der Waals surface area contributed by atoms with E-state index in [1.165, 1.54) is 5.56 Å². The molecule has 1 aromatic carbocycles. The third-order valence-corrected chi connectivity index (χ3v) is 4.49. The summed E-state index contributed by atoms with van der Waals surface area (Å²) in [4.78, 5) is 4.30. The van der Waals surface area contributed by atoms with Crippen molar-refractivity contribution >= 4 is 23.4 Å². The predicted molar refractivity (Wildman–Crippen MR) is 77.9 cm³/mol. The van der Waals surface area contributed by atoms with Crippen LogP contribution in [0.15, 0.2) is 53.7 Å². The molecule has 0 fully saturated rings. The van der Waals surface area contributed by atoms with Crippen molar-refractivity contribution in [2.24, 2.45) is 5.73 Å². The van der Waals surface area contributed by atoms with Gasteiger partial charge in [-0.25, -0.2) is 4.98 Å². The van der Waals surface area contributed by atoms with E-state index in [4.69, 9.17) is 17.3 Å². The Bertz CT molecular complexity index is 502. The van der Waals surface area contributed by atoms with E-state index in [1.807, 2.05) is 37.3 Å². The molecule has 0 aliphatic carbocycles. The molecule has 1 heterocycles. The minimum absolute atomic E-state index is 0.0236. The largest absolute Gasteiger partial charge is 0.327 e. The van der Waals surface area contributed by atoms with Crippen LogP contribution in [0.2, 0.25) is 5.02 Å². The Morgan fingerprint density at radius 1 is 1.17 bits per heavy atom. The molecule has 2 rings (SSSR count). The molecule has 0 saturated carbocycles. The van der Waals surface area contributed by atoms with Crippen LogP contribution in [0.4, 0.5) is 0 Å². The molecule has 2 unspecified atom stereocenters. The van der Waals surface area contributed by atoms with Gasteiger partial charge < -0.3 is 5.73 Å². The van der Waals surface area contributed by atoms with Crippen LogP contribution in [0.25, 0.3) is 0 Å². The minimum atomic E-state index is 0.0236. The van der Waals surface area contributed by atoms with Crippen molar-refractivity contribution in [2.75, 3.05) is 0 Å². The normalized spacial score (nSPS) is 14.2. The smallest absolute Gasteiger partial charge is 0.115 e. The fraction of sp³-hybridized carbons (Fsp3) is 0.214. The summed E-state index contributed by atoms with van der Waals surface area (Å²) in [7, 11) is 0. The number of hydrogen-bond donors (Lipinski definition) is 1. The number of thioether (sulfide) groups is 1. The van der Waals surface area contributed by atoms with Gasteiger partial charge in [-0.2, -0.15) is 0 Å². The van der Waals surface area contributed by atoms with E-state index in [0.29, 0.717) is 5.02 Å². The maximum atomic E-state index is 6.14. The van der Waals surface area contributed by atoms with Crippen LogP contribution in [0.3, 0.4) is 0 Å². The van der Waals surface area contributed by atoms with Crippen molar-refractivity contribution in [3.05, 3.63) is 59.2 Å². The lowest BCUT2D eigenvalue weighted by Gasteiger charge is -2.20. The maximum absolute atomic E-state index is 6.14. The zero-order valence-corrected chi connectivity index (χ0v) is 11.7. The van der Waals surface area contributed by atoms with Gasteiger partial charge in [-0.3, -0.25) is 0 Å². The lowest BCUT2D eigenvalue weighted by Crippen LogP contribution is -2.22. The number of halogens is 1. The van der Waals surface area contributed by atoms with E-state index in [-0.39, 0.29) is 11.3 Å². The second-order valence-corrected chi connectivity index (χ2v) is 5.64. The molecule has 2 N–H and O–H groups in total. The van der Waals surface area contributed by atoms with Crippen LogP contribution in [-0.4, -0.2) is 11.0 Å². The first kappa shape index (κ1) is 13.4. The molecule has 0 bridgehead atoms. The Hall–Kier alpha value is -1.03. The molecule has 0 spiro atoms. The third-order valence-electron chi connectivity index (χ3n) is 2.57. The second kappa shape index (κ2) is 6.23. The number of nitrogens with two attached hydrogens (primary N) is 1. The lowest BCUT2D eigenvalue weighted by molar-refractivity contribution is 0.720. The van der Waals surface area contributed by atoms with Gasteiger partial charge in [0.25, 0.3) is 0 Å². The van der Waals surface area contributed by atoms with Crippen molar-refractivity contribution in [2.45, 2.75) is 23.2 Å². The molecule has 2 atom stereocenters. The SMILES string of the molecule is CC(N)C(Sc1ncccc1Cl)c1ccccc1. The molecular weight excluding hydrogens is 264 g/mol. The Kier molecular flexibility index (Phi) is 4.64. The highest BCUT2D eigenvalue weighted by Crippen LogP contribution is 2.38. The van der Waals surface area contributed by atoms with Gasteiger partial charge in [0.15, 0.2) is 0 Å². The van der Waals surface area contributed by atoms with E-state index in [9.17, 15) is 0 Å². The molecule has 18 heavy (non-hydrogen) atoms. The van der Waals surface area contributed by atoms with E-state index in [1.54, 1.807) is 18.0 Å². The summed E-state index contributed by atoms with van der Waals surface area (Å²) in [6.45, 7) is 2.00. The van der Waals surface area contributed by atoms with Gasteiger partial charge in [0, 0.05) is 12.2 Å². The first-order chi connectivity index (χ1) is 8.68. The summed E-state index contributed by atoms with van der Waals surface area (Å²) in [5.74, 6) is 0. The molecule has 0 radical (unpaired) electrons. The van der Waals surface area contributed by atoms with Gasteiger partial charge in [-0.15, -0.1) is 0 Å². The monoisotopic (exact) mass is 278 g/mol. The molecule has 0 amide bonds. The number of benzene rings is 1. The molecule has 1 aromatic heterocycles. The van der Waals surface area contributed by atoms with Crippen molar-refractivity contribution in [1.29, 1.82) is 0 Å². The molecule has 0 aliphatic rings. The molecule has 0 saturated heterocycles. The van der Waals surface area contributed by atoms with Crippen LogP contribution < -0.4 is 5.73 Å². The van der Waals surface area contributed by atoms with E-state index in [2.05, 4.69) is 17.1 Å². The standard InChI is InChI=1S/C14H15ClN2S/c1-10(16)13(11-6-3-2-4-7-11)18-14-12(15)8-5-9-17-14/h2-10,13H,16H2,1H3. The summed E-state index contributed by atoms with van der Waals surface area (Å²) in [5.41, 5.74) is 7.27. The number of aromatic nitrogens is 1. The van der Waals surface area contributed by atoms with Crippen molar-refractivity contribution in [3.8, 4) is 0 Å². The van der Waals surface area contributed by atoms with E-state index < -0.39 is 0 Å². The average Bonchev–Trinajstić information content (AvgIpc) is 2.38. The Labute approximate surface area is 117 Å². The van der Waals surface area contributed by atoms with Crippen LogP contribution in [-0.2, 0) is 0 Å². The van der Waals surface area contributed by atoms with Gasteiger partial charge in [-0.05, 0) is 24.6 Å². The van der Waals surface area contributed by atoms with Gasteiger partial charge in [0.1, 0.15) is 5.03 Å². The molecular formula is C14H15ClN2S. The molecule has 0 aliphatic heterocycles. The Balaban J connectivity index is 2.26. The van der Waals surface area contributed by atoms with Gasteiger partial charge in [0.2, 0.25) is 0 Å². The number of pyridine rings is 1. The van der Waals surface area contributed by atoms with Crippen LogP contribution >= 0.6 is 23.4 Å². The van der Waals surface area contributed by atoms with Crippen molar-refractivity contribution in [1.82, 2.24) is 4.98 Å². The van der Waals surface area contributed by atoms with Gasteiger partial charge in [-0.1, -0.05) is 53.7 Å². The predicted octanol–water partition coefficient (Wildman–Crippen LogP) is 3.92. The van der Waals surface area contributed by atoms with Gasteiger partial charge >= 0.3 is 0 Å². The highest BCUT2D eigenvalue weighted by Gasteiger charge is 2.19. The third kappa shape index (κ3) is 3.25. The van der Waals surface area contributed by atoms with E-state index in [0.717, 1.165) is 5.03 Å². The average molecular weight is 279 g/mol. The molecule has 2 aromatic rings.